The molecule has 0 saturated heterocycles. The van der Waals surface area contributed by atoms with Crippen molar-refractivity contribution in [3.05, 3.63) is 57.7 Å². The van der Waals surface area contributed by atoms with E-state index < -0.39 is 0 Å². The van der Waals surface area contributed by atoms with Gasteiger partial charge in [-0.3, -0.25) is 0 Å². The van der Waals surface area contributed by atoms with Gasteiger partial charge in [0, 0.05) is 11.1 Å². The molecule has 0 aliphatic heterocycles. The number of nitrogens with zero attached hydrogens (tertiary/aromatic N) is 2. The summed E-state index contributed by atoms with van der Waals surface area (Å²) in [4.78, 5) is 6.64. The molecule has 16 heavy (non-hydrogen) atoms. The van der Waals surface area contributed by atoms with Crippen LogP contribution in [-0.2, 0) is 13.1 Å². The summed E-state index contributed by atoms with van der Waals surface area (Å²) in [5.41, 5.74) is 3.14. The molecule has 0 radical (unpaired) electrons. The summed E-state index contributed by atoms with van der Waals surface area (Å²) in [5, 5.41) is 0. The van der Waals surface area contributed by atoms with E-state index in [1.165, 1.54) is 2.43 Å². The van der Waals surface area contributed by atoms with E-state index in [1.807, 2.05) is 25.1 Å². The molecule has 84 valence electrons. The third-order valence-corrected chi connectivity index (χ3v) is 1.72. The molecule has 0 atom stereocenters. The SMILES string of the molecule is ICI.[C-]#[N+]Cc1cc(C)cc(C[N+]#[C-])c1. The van der Waals surface area contributed by atoms with Crippen LogP contribution in [0.3, 0.4) is 0 Å². The predicted molar refractivity (Wildman–Crippen MR) is 84.7 cm³/mol. The lowest BCUT2D eigenvalue weighted by Gasteiger charge is -1.98. The first-order valence-corrected chi connectivity index (χ1v) is 7.60. The largest absolute Gasteiger partial charge is 0.312 e. The Bertz CT molecular complexity index is 368. The standard InChI is InChI=1S/C11H10N2.CH2I2/c1-9-4-10(7-12-2)6-11(5-9)8-13-3;2-1-3/h4-6H,7-8H2,1H3;1H2. The molecule has 0 aliphatic rings. The van der Waals surface area contributed by atoms with Crippen molar-refractivity contribution in [3.8, 4) is 0 Å². The van der Waals surface area contributed by atoms with Gasteiger partial charge in [0.1, 0.15) is 0 Å². The zero-order valence-corrected chi connectivity index (χ0v) is 13.3. The molecule has 1 rings (SSSR count). The summed E-state index contributed by atoms with van der Waals surface area (Å²) in [6.07, 6.45) is 0. The van der Waals surface area contributed by atoms with Gasteiger partial charge in [0.2, 0.25) is 13.1 Å². The summed E-state index contributed by atoms with van der Waals surface area (Å²) >= 11 is 4.55. The number of hydrogen-bond donors (Lipinski definition) is 0. The smallest absolute Gasteiger partial charge is 0.239 e. The van der Waals surface area contributed by atoms with Crippen LogP contribution in [0.25, 0.3) is 9.69 Å². The van der Waals surface area contributed by atoms with Crippen LogP contribution in [0, 0.1) is 20.1 Å². The number of benzene rings is 1. The normalized spacial score (nSPS) is 8.31. The van der Waals surface area contributed by atoms with Crippen molar-refractivity contribution < 1.29 is 0 Å². The Labute approximate surface area is 124 Å². The summed E-state index contributed by atoms with van der Waals surface area (Å²) in [6, 6.07) is 5.92. The Hall–Kier alpha value is -0.340. The minimum absolute atomic E-state index is 0.409. The van der Waals surface area contributed by atoms with Gasteiger partial charge in [0.05, 0.1) is 2.43 Å². The maximum atomic E-state index is 6.75. The predicted octanol–water partition coefficient (Wildman–Crippen LogP) is 4.65. The van der Waals surface area contributed by atoms with Gasteiger partial charge >= 0.3 is 0 Å². The van der Waals surface area contributed by atoms with Gasteiger partial charge in [-0.2, -0.15) is 0 Å². The van der Waals surface area contributed by atoms with E-state index in [4.69, 9.17) is 13.1 Å². The van der Waals surface area contributed by atoms with E-state index in [0.717, 1.165) is 16.7 Å². The lowest BCUT2D eigenvalue weighted by molar-refractivity contribution is 1.17. The molecular formula is C12H12I2N2. The van der Waals surface area contributed by atoms with Gasteiger partial charge in [0.15, 0.2) is 0 Å². The van der Waals surface area contributed by atoms with Crippen molar-refractivity contribution in [1.29, 1.82) is 0 Å². The molecule has 1 aromatic rings. The molecule has 2 nitrogen and oxygen atoms in total. The number of halogens is 2. The van der Waals surface area contributed by atoms with Crippen molar-refractivity contribution in [1.82, 2.24) is 0 Å². The van der Waals surface area contributed by atoms with Gasteiger partial charge < -0.3 is 9.69 Å². The Balaban J connectivity index is 0.000000673. The lowest BCUT2D eigenvalue weighted by atomic mass is 10.1. The van der Waals surface area contributed by atoms with Crippen molar-refractivity contribution in [3.63, 3.8) is 0 Å². The van der Waals surface area contributed by atoms with E-state index in [-0.39, 0.29) is 0 Å². The number of hydrogen-bond acceptors (Lipinski definition) is 0. The van der Waals surface area contributed by atoms with Crippen LogP contribution in [0.15, 0.2) is 18.2 Å². The molecule has 0 heterocycles. The van der Waals surface area contributed by atoms with Crippen molar-refractivity contribution >= 4 is 45.2 Å². The summed E-state index contributed by atoms with van der Waals surface area (Å²) in [7, 11) is 0. The third-order valence-electron chi connectivity index (χ3n) is 1.72. The summed E-state index contributed by atoms with van der Waals surface area (Å²) < 4.78 is 1.19. The monoisotopic (exact) mass is 438 g/mol. The fourth-order valence-corrected chi connectivity index (χ4v) is 1.31. The average molecular weight is 438 g/mol. The van der Waals surface area contributed by atoms with Crippen LogP contribution in [0.1, 0.15) is 16.7 Å². The molecule has 0 saturated carbocycles. The van der Waals surface area contributed by atoms with E-state index in [9.17, 15) is 0 Å². The fourth-order valence-electron chi connectivity index (χ4n) is 1.31. The van der Waals surface area contributed by atoms with Gasteiger partial charge in [0.25, 0.3) is 0 Å². The first kappa shape index (κ1) is 15.7. The van der Waals surface area contributed by atoms with Crippen LogP contribution < -0.4 is 0 Å². The molecule has 0 N–H and O–H groups in total. The van der Waals surface area contributed by atoms with Crippen LogP contribution in [0.2, 0.25) is 0 Å². The van der Waals surface area contributed by atoms with E-state index in [1.54, 1.807) is 0 Å². The van der Waals surface area contributed by atoms with Crippen LogP contribution in [0.4, 0.5) is 0 Å². The average Bonchev–Trinajstić information content (AvgIpc) is 2.18. The summed E-state index contributed by atoms with van der Waals surface area (Å²) in [5.74, 6) is 0. The molecule has 0 aliphatic carbocycles. The Kier molecular flexibility index (Phi) is 9.65. The summed E-state index contributed by atoms with van der Waals surface area (Å²) in [6.45, 7) is 16.3. The first-order chi connectivity index (χ1) is 7.67. The minimum atomic E-state index is 0.409. The Morgan fingerprint density at radius 3 is 1.69 bits per heavy atom. The van der Waals surface area contributed by atoms with Crippen LogP contribution in [0.5, 0.6) is 0 Å². The first-order valence-electron chi connectivity index (χ1n) is 4.55. The van der Waals surface area contributed by atoms with Crippen LogP contribution in [-0.4, -0.2) is 2.43 Å². The molecule has 0 amide bonds. The van der Waals surface area contributed by atoms with E-state index in [2.05, 4.69) is 54.9 Å². The van der Waals surface area contributed by atoms with Crippen molar-refractivity contribution in [2.75, 3.05) is 2.43 Å². The van der Waals surface area contributed by atoms with Crippen molar-refractivity contribution in [2.45, 2.75) is 20.0 Å². The second-order valence-electron chi connectivity index (χ2n) is 3.06. The molecular weight excluding hydrogens is 426 g/mol. The lowest BCUT2D eigenvalue weighted by Crippen LogP contribution is -1.87. The minimum Gasteiger partial charge on any atom is -0.312 e. The highest BCUT2D eigenvalue weighted by atomic mass is 127. The topological polar surface area (TPSA) is 8.72 Å². The maximum absolute atomic E-state index is 6.75. The highest BCUT2D eigenvalue weighted by molar-refractivity contribution is 14.2. The second-order valence-corrected chi connectivity index (χ2v) is 7.51. The zero-order chi connectivity index (χ0) is 12.4. The number of alkyl halides is 2. The zero-order valence-electron chi connectivity index (χ0n) is 9.00. The van der Waals surface area contributed by atoms with E-state index in [0.29, 0.717) is 13.1 Å². The van der Waals surface area contributed by atoms with E-state index >= 15 is 0 Å². The van der Waals surface area contributed by atoms with Gasteiger partial charge in [-0.15, -0.1) is 0 Å². The molecule has 4 heteroatoms. The highest BCUT2D eigenvalue weighted by Crippen LogP contribution is 2.11. The van der Waals surface area contributed by atoms with Gasteiger partial charge in [-0.25, -0.2) is 13.1 Å². The third kappa shape index (κ3) is 7.02. The van der Waals surface area contributed by atoms with Gasteiger partial charge in [-0.1, -0.05) is 50.7 Å². The molecule has 0 unspecified atom stereocenters. The molecule has 0 aromatic heterocycles. The van der Waals surface area contributed by atoms with Gasteiger partial charge in [-0.05, 0) is 25.1 Å². The molecule has 0 bridgehead atoms. The molecule has 0 spiro atoms. The second kappa shape index (κ2) is 9.86. The van der Waals surface area contributed by atoms with Crippen LogP contribution >= 0.6 is 45.2 Å². The number of rotatable bonds is 2. The highest BCUT2D eigenvalue weighted by Gasteiger charge is 2.01. The Morgan fingerprint density at radius 1 is 1.00 bits per heavy atom. The number of aryl methyl sites for hydroxylation is 1. The fraction of sp³-hybridized carbons (Fsp3) is 0.333. The molecule has 1 aromatic carbocycles. The molecule has 0 fully saturated rings. The van der Waals surface area contributed by atoms with Crippen molar-refractivity contribution in [2.24, 2.45) is 0 Å². The maximum Gasteiger partial charge on any atom is 0.239 e. The quantitative estimate of drug-likeness (QED) is 0.362. The Morgan fingerprint density at radius 2 is 1.38 bits per heavy atom.